The van der Waals surface area contributed by atoms with Gasteiger partial charge in [-0.3, -0.25) is 19.2 Å². The van der Waals surface area contributed by atoms with Crippen LogP contribution in [-0.2, 0) is 63.5 Å². The van der Waals surface area contributed by atoms with Crippen molar-refractivity contribution in [3.05, 3.63) is 0 Å². The topological polar surface area (TPSA) is 208 Å². The third-order valence-electron chi connectivity index (χ3n) is 5.10. The van der Waals surface area contributed by atoms with Crippen molar-refractivity contribution in [2.45, 2.75) is 51.4 Å². The summed E-state index contributed by atoms with van der Waals surface area (Å²) in [6, 6.07) is 0. The Labute approximate surface area is 222 Å². The first-order chi connectivity index (χ1) is 17.6. The summed E-state index contributed by atoms with van der Waals surface area (Å²) in [4.78, 5) is 69.5. The first kappa shape index (κ1) is 34.4. The predicted octanol–water partition coefficient (Wildman–Crippen LogP) is -2.79. The fraction of sp³-hybridized carbons (Fsp3) is 0.727. The zero-order valence-electron chi connectivity index (χ0n) is 20.5. The quantitative estimate of drug-likeness (QED) is 0.162. The average Bonchev–Trinajstić information content (AvgIpc) is 2.85. The van der Waals surface area contributed by atoms with E-state index in [1.807, 2.05) is 0 Å². The molecule has 2 heterocycles. The predicted molar refractivity (Wildman–Crippen MR) is 113 cm³/mol. The van der Waals surface area contributed by atoms with E-state index in [0.29, 0.717) is 52.6 Å². The molecule has 0 bridgehead atoms. The molecule has 0 aromatic rings. The van der Waals surface area contributed by atoms with Crippen molar-refractivity contribution < 1.29 is 73.7 Å². The summed E-state index contributed by atoms with van der Waals surface area (Å²) in [5.74, 6) is -3.18. The van der Waals surface area contributed by atoms with Gasteiger partial charge in [0.05, 0.1) is 39.3 Å². The van der Waals surface area contributed by atoms with Gasteiger partial charge in [-0.1, -0.05) is 0 Å². The summed E-state index contributed by atoms with van der Waals surface area (Å²) in [6.45, 7) is 4.09. The normalized spacial score (nSPS) is 14.6. The van der Waals surface area contributed by atoms with Gasteiger partial charge in [-0.15, -0.1) is 0 Å². The Hall–Kier alpha value is -2.57. The van der Waals surface area contributed by atoms with Crippen LogP contribution in [0, 0.1) is 0 Å². The minimum atomic E-state index is -2.03. The Kier molecular flexibility index (Phi) is 20.0. The summed E-state index contributed by atoms with van der Waals surface area (Å²) in [5, 5.41) is 20.3. The van der Waals surface area contributed by atoms with Crippen LogP contribution in [0.5, 0.6) is 0 Å². The van der Waals surface area contributed by atoms with Gasteiger partial charge in [0.15, 0.2) is 0 Å². The van der Waals surface area contributed by atoms with Gasteiger partial charge in [0.25, 0.3) is 0 Å². The van der Waals surface area contributed by atoms with Crippen molar-refractivity contribution in [1.82, 2.24) is 9.80 Å². The molecule has 0 aliphatic carbocycles. The maximum absolute atomic E-state index is 11.6. The van der Waals surface area contributed by atoms with Crippen LogP contribution in [-0.4, -0.2) is 97.7 Å². The SMILES string of the molecule is O=C([O-])CCCC(=O)CC(=O)N1CCOCC1.O=C([O-])CCCC(=O)CC(=O)N1CCOCC1.[O]=[Mo+2]=[O]. The standard InChI is InChI=1S/2C11H17NO5.Mo.2O/c2*13-9(2-1-3-11(15)16)8-10(14)12-4-6-17-7-5-12;;;/h2*1-8H2,(H,15,16);;;/q;;+2;;/p-2. The van der Waals surface area contributed by atoms with Gasteiger partial charge < -0.3 is 39.1 Å². The number of Topliss-reactive ketones (excluding diaryl/α,β-unsaturated/α-hetero) is 2. The van der Waals surface area contributed by atoms with Gasteiger partial charge >= 0.3 is 25.3 Å². The van der Waals surface area contributed by atoms with E-state index in [1.165, 1.54) is 0 Å². The Morgan fingerprint density at radius 2 is 0.892 bits per heavy atom. The molecule has 37 heavy (non-hydrogen) atoms. The third-order valence-corrected chi connectivity index (χ3v) is 5.10. The van der Waals surface area contributed by atoms with Crippen molar-refractivity contribution >= 4 is 35.3 Å². The van der Waals surface area contributed by atoms with Gasteiger partial charge in [0.1, 0.15) is 11.6 Å². The Bertz CT molecular complexity index is 741. The molecule has 0 N–H and O–H groups in total. The van der Waals surface area contributed by atoms with E-state index in [0.717, 1.165) is 0 Å². The molecule has 208 valence electrons. The number of aliphatic carboxylic acids is 2. The van der Waals surface area contributed by atoms with E-state index in [9.17, 15) is 39.0 Å². The first-order valence-corrected chi connectivity index (χ1v) is 13.3. The van der Waals surface area contributed by atoms with Crippen molar-refractivity contribution in [3.63, 3.8) is 0 Å². The number of hydrogen-bond donors (Lipinski definition) is 0. The second kappa shape index (κ2) is 21.5. The van der Waals surface area contributed by atoms with E-state index in [4.69, 9.17) is 16.3 Å². The molecule has 0 atom stereocenters. The number of carbonyl (C=O) groups excluding carboxylic acids is 6. The zero-order chi connectivity index (χ0) is 28.1. The molecule has 0 unspecified atom stereocenters. The van der Waals surface area contributed by atoms with Gasteiger partial charge in [-0.05, 0) is 25.7 Å². The average molecular weight is 612 g/mol. The number of nitrogens with zero attached hydrogens (tertiary/aromatic N) is 2. The maximum atomic E-state index is 11.6. The Balaban J connectivity index is 0.000000633. The van der Waals surface area contributed by atoms with E-state index in [2.05, 4.69) is 0 Å². The fourth-order valence-corrected chi connectivity index (χ4v) is 3.22. The summed E-state index contributed by atoms with van der Waals surface area (Å²) in [7, 11) is 0. The van der Waals surface area contributed by atoms with Gasteiger partial charge in [-0.2, -0.15) is 0 Å². The number of carbonyl (C=O) groups is 6. The number of rotatable bonds is 12. The summed E-state index contributed by atoms with van der Waals surface area (Å²) in [6.07, 6.45) is 0.123. The molecule has 15 heteroatoms. The molecule has 0 radical (unpaired) electrons. The van der Waals surface area contributed by atoms with Crippen LogP contribution in [0.1, 0.15) is 51.4 Å². The number of amides is 2. The monoisotopic (exact) mass is 614 g/mol. The molecule has 2 aliphatic rings. The van der Waals surface area contributed by atoms with Crippen LogP contribution < -0.4 is 10.2 Å². The molecule has 2 aliphatic heterocycles. The van der Waals surface area contributed by atoms with Gasteiger partial charge in [0.2, 0.25) is 11.8 Å². The van der Waals surface area contributed by atoms with Gasteiger partial charge in [-0.25, -0.2) is 0 Å². The molecular formula is C22H32MoN2O12. The van der Waals surface area contributed by atoms with Crippen molar-refractivity contribution in [3.8, 4) is 0 Å². The molecule has 2 amide bonds. The number of hydrogen-bond acceptors (Lipinski definition) is 12. The molecule has 0 aromatic carbocycles. The van der Waals surface area contributed by atoms with E-state index in [1.54, 1.807) is 9.80 Å². The van der Waals surface area contributed by atoms with Crippen LogP contribution in [0.25, 0.3) is 0 Å². The minimum absolute atomic E-state index is 0.115. The van der Waals surface area contributed by atoms with E-state index in [-0.39, 0.29) is 74.7 Å². The molecule has 2 saturated heterocycles. The number of morpholine rings is 2. The number of carboxylic acid groups (broad SMARTS) is 2. The first-order valence-electron chi connectivity index (χ1n) is 11.7. The van der Waals surface area contributed by atoms with Crippen molar-refractivity contribution in [2.24, 2.45) is 0 Å². The molecule has 14 nitrogen and oxygen atoms in total. The fourth-order valence-electron chi connectivity index (χ4n) is 3.22. The zero-order valence-corrected chi connectivity index (χ0v) is 22.5. The van der Waals surface area contributed by atoms with Crippen LogP contribution >= 0.6 is 0 Å². The van der Waals surface area contributed by atoms with Crippen molar-refractivity contribution in [1.29, 1.82) is 0 Å². The molecule has 2 rings (SSSR count). The van der Waals surface area contributed by atoms with Crippen LogP contribution in [0.2, 0.25) is 0 Å². The molecule has 0 aromatic heterocycles. The van der Waals surface area contributed by atoms with Crippen LogP contribution in [0.4, 0.5) is 0 Å². The number of carboxylic acids is 2. The van der Waals surface area contributed by atoms with Crippen molar-refractivity contribution in [2.75, 3.05) is 52.6 Å². The number of ether oxygens (including phenoxy) is 2. The van der Waals surface area contributed by atoms with E-state index < -0.39 is 30.4 Å². The molecule has 0 spiro atoms. The number of ketones is 2. The van der Waals surface area contributed by atoms with Crippen LogP contribution in [0.3, 0.4) is 0 Å². The van der Waals surface area contributed by atoms with Gasteiger partial charge in [0, 0.05) is 51.0 Å². The second-order valence-corrected chi connectivity index (χ2v) is 8.27. The molecule has 2 fully saturated rings. The Morgan fingerprint density at radius 3 is 1.16 bits per heavy atom. The summed E-state index contributed by atoms with van der Waals surface area (Å²) >= 11 is -2.03. The Morgan fingerprint density at radius 1 is 0.595 bits per heavy atom. The molecule has 0 saturated carbocycles. The second-order valence-electron chi connectivity index (χ2n) is 7.94. The summed E-state index contributed by atoms with van der Waals surface area (Å²) in [5.41, 5.74) is 0. The molecular weight excluding hydrogens is 580 g/mol. The third kappa shape index (κ3) is 19.2. The van der Waals surface area contributed by atoms with E-state index >= 15 is 0 Å². The summed E-state index contributed by atoms with van der Waals surface area (Å²) < 4.78 is 27.2. The van der Waals surface area contributed by atoms with Crippen LogP contribution in [0.15, 0.2) is 0 Å².